The maximum atomic E-state index is 12.1. The Balaban J connectivity index is 1.78. The zero-order valence-electron chi connectivity index (χ0n) is 11.6. The second-order valence-corrected chi connectivity index (χ2v) is 6.27. The SMILES string of the molecule is CC1CCC(C(=O)NCC2(C)CCCO2)CC1N. The van der Waals surface area contributed by atoms with Crippen LogP contribution >= 0.6 is 0 Å². The zero-order chi connectivity index (χ0) is 13.2. The molecule has 0 spiro atoms. The molecule has 1 saturated heterocycles. The van der Waals surface area contributed by atoms with E-state index in [0.717, 1.165) is 38.7 Å². The summed E-state index contributed by atoms with van der Waals surface area (Å²) < 4.78 is 5.68. The molecule has 1 heterocycles. The standard InChI is InChI=1S/C14H26N2O2/c1-10-4-5-11(8-12(10)15)13(17)16-9-14(2)6-3-7-18-14/h10-12H,3-9,15H2,1-2H3,(H,16,17). The molecule has 3 N–H and O–H groups in total. The number of carbonyl (C=O) groups is 1. The summed E-state index contributed by atoms with van der Waals surface area (Å²) in [7, 11) is 0. The molecule has 4 heteroatoms. The minimum Gasteiger partial charge on any atom is -0.373 e. The molecular weight excluding hydrogens is 228 g/mol. The van der Waals surface area contributed by atoms with E-state index in [1.54, 1.807) is 0 Å². The largest absolute Gasteiger partial charge is 0.373 e. The highest BCUT2D eigenvalue weighted by atomic mass is 16.5. The monoisotopic (exact) mass is 254 g/mol. The molecule has 18 heavy (non-hydrogen) atoms. The number of hydrogen-bond donors (Lipinski definition) is 2. The van der Waals surface area contributed by atoms with Crippen LogP contribution < -0.4 is 11.1 Å². The Morgan fingerprint density at radius 1 is 1.50 bits per heavy atom. The highest BCUT2D eigenvalue weighted by Crippen LogP contribution is 2.28. The number of nitrogens with one attached hydrogen (secondary N) is 1. The van der Waals surface area contributed by atoms with Crippen molar-refractivity contribution < 1.29 is 9.53 Å². The van der Waals surface area contributed by atoms with E-state index in [4.69, 9.17) is 10.5 Å². The number of ether oxygens (including phenoxy) is 1. The molecule has 0 bridgehead atoms. The van der Waals surface area contributed by atoms with Gasteiger partial charge in [0.05, 0.1) is 5.60 Å². The van der Waals surface area contributed by atoms with Crippen LogP contribution in [0.25, 0.3) is 0 Å². The molecule has 104 valence electrons. The quantitative estimate of drug-likeness (QED) is 0.801. The van der Waals surface area contributed by atoms with Crippen molar-refractivity contribution in [3.05, 3.63) is 0 Å². The molecule has 0 aromatic heterocycles. The van der Waals surface area contributed by atoms with E-state index in [2.05, 4.69) is 19.2 Å². The Kier molecular flexibility index (Phi) is 4.28. The molecule has 4 atom stereocenters. The Hall–Kier alpha value is -0.610. The van der Waals surface area contributed by atoms with Gasteiger partial charge in [-0.3, -0.25) is 4.79 Å². The summed E-state index contributed by atoms with van der Waals surface area (Å²) in [4.78, 5) is 12.1. The number of amides is 1. The predicted molar refractivity (Wildman–Crippen MR) is 71.1 cm³/mol. The predicted octanol–water partition coefficient (Wildman–Crippen LogP) is 1.44. The number of rotatable bonds is 3. The van der Waals surface area contributed by atoms with Crippen LogP contribution in [0.3, 0.4) is 0 Å². The summed E-state index contributed by atoms with van der Waals surface area (Å²) in [6, 6.07) is 0.174. The fourth-order valence-electron chi connectivity index (χ4n) is 2.99. The van der Waals surface area contributed by atoms with Gasteiger partial charge in [-0.1, -0.05) is 6.92 Å². The van der Waals surface area contributed by atoms with Gasteiger partial charge in [0.15, 0.2) is 0 Å². The van der Waals surface area contributed by atoms with Crippen LogP contribution in [0.15, 0.2) is 0 Å². The van der Waals surface area contributed by atoms with Crippen molar-refractivity contribution in [2.75, 3.05) is 13.2 Å². The van der Waals surface area contributed by atoms with Gasteiger partial charge in [0.1, 0.15) is 0 Å². The Labute approximate surface area is 110 Å². The molecule has 0 radical (unpaired) electrons. The van der Waals surface area contributed by atoms with Crippen LogP contribution in [0.5, 0.6) is 0 Å². The molecule has 4 unspecified atom stereocenters. The van der Waals surface area contributed by atoms with E-state index in [1.165, 1.54) is 0 Å². The second-order valence-electron chi connectivity index (χ2n) is 6.27. The molecule has 0 aromatic carbocycles. The molecule has 0 aromatic rings. The molecule has 2 rings (SSSR count). The van der Waals surface area contributed by atoms with Gasteiger partial charge in [0.2, 0.25) is 5.91 Å². The van der Waals surface area contributed by atoms with Gasteiger partial charge in [-0.25, -0.2) is 0 Å². The Bertz CT molecular complexity index is 300. The smallest absolute Gasteiger partial charge is 0.223 e. The third-order valence-corrected chi connectivity index (χ3v) is 4.57. The van der Waals surface area contributed by atoms with Gasteiger partial charge in [-0.15, -0.1) is 0 Å². The first-order valence-corrected chi connectivity index (χ1v) is 7.17. The minimum atomic E-state index is -0.153. The second kappa shape index (κ2) is 5.57. The normalized spacial score (nSPS) is 40.7. The van der Waals surface area contributed by atoms with Crippen LogP contribution in [0.2, 0.25) is 0 Å². The number of hydrogen-bond acceptors (Lipinski definition) is 3. The fourth-order valence-corrected chi connectivity index (χ4v) is 2.99. The summed E-state index contributed by atoms with van der Waals surface area (Å²) in [5, 5.41) is 3.05. The molecule has 1 aliphatic heterocycles. The van der Waals surface area contributed by atoms with Crippen LogP contribution in [0, 0.1) is 11.8 Å². The maximum Gasteiger partial charge on any atom is 0.223 e. The van der Waals surface area contributed by atoms with E-state index in [9.17, 15) is 4.79 Å². The molecule has 1 aliphatic carbocycles. The van der Waals surface area contributed by atoms with Crippen molar-refractivity contribution in [3.8, 4) is 0 Å². The number of carbonyl (C=O) groups excluding carboxylic acids is 1. The lowest BCUT2D eigenvalue weighted by Crippen LogP contribution is -2.45. The summed E-state index contributed by atoms with van der Waals surface area (Å²) in [5.74, 6) is 0.806. The van der Waals surface area contributed by atoms with Crippen LogP contribution in [-0.2, 0) is 9.53 Å². The highest BCUT2D eigenvalue weighted by molar-refractivity contribution is 5.78. The van der Waals surface area contributed by atoms with Crippen molar-refractivity contribution in [3.63, 3.8) is 0 Å². The van der Waals surface area contributed by atoms with Gasteiger partial charge in [-0.05, 0) is 44.9 Å². The van der Waals surface area contributed by atoms with Gasteiger partial charge in [0, 0.05) is 25.1 Å². The molecule has 2 fully saturated rings. The van der Waals surface area contributed by atoms with Gasteiger partial charge in [-0.2, -0.15) is 0 Å². The highest BCUT2D eigenvalue weighted by Gasteiger charge is 2.33. The van der Waals surface area contributed by atoms with Crippen molar-refractivity contribution >= 4 is 5.91 Å². The van der Waals surface area contributed by atoms with E-state index < -0.39 is 0 Å². The third-order valence-electron chi connectivity index (χ3n) is 4.57. The Morgan fingerprint density at radius 2 is 2.28 bits per heavy atom. The van der Waals surface area contributed by atoms with E-state index >= 15 is 0 Å². The van der Waals surface area contributed by atoms with Crippen molar-refractivity contribution in [2.45, 2.75) is 57.6 Å². The van der Waals surface area contributed by atoms with Gasteiger partial charge in [0.25, 0.3) is 0 Å². The first kappa shape index (κ1) is 13.8. The zero-order valence-corrected chi connectivity index (χ0v) is 11.6. The topological polar surface area (TPSA) is 64.3 Å². The third kappa shape index (κ3) is 3.23. The van der Waals surface area contributed by atoms with E-state index in [-0.39, 0.29) is 23.5 Å². The summed E-state index contributed by atoms with van der Waals surface area (Å²) in [6.07, 6.45) is 4.99. The molecule has 4 nitrogen and oxygen atoms in total. The molecule has 1 amide bonds. The molecule has 2 aliphatic rings. The molecule has 1 saturated carbocycles. The summed E-state index contributed by atoms with van der Waals surface area (Å²) in [5.41, 5.74) is 5.89. The van der Waals surface area contributed by atoms with Crippen molar-refractivity contribution in [1.29, 1.82) is 0 Å². The Morgan fingerprint density at radius 3 is 2.89 bits per heavy atom. The van der Waals surface area contributed by atoms with Crippen LogP contribution in [0.1, 0.15) is 46.0 Å². The lowest BCUT2D eigenvalue weighted by molar-refractivity contribution is -0.127. The first-order chi connectivity index (χ1) is 8.50. The van der Waals surface area contributed by atoms with Crippen LogP contribution in [0.4, 0.5) is 0 Å². The number of nitrogens with two attached hydrogens (primary N) is 1. The summed E-state index contributed by atoms with van der Waals surface area (Å²) in [6.45, 7) is 5.70. The molecular formula is C14H26N2O2. The average Bonchev–Trinajstić information content (AvgIpc) is 2.77. The van der Waals surface area contributed by atoms with Gasteiger partial charge >= 0.3 is 0 Å². The minimum absolute atomic E-state index is 0.0983. The lowest BCUT2D eigenvalue weighted by Gasteiger charge is -2.32. The lowest BCUT2D eigenvalue weighted by atomic mass is 9.79. The van der Waals surface area contributed by atoms with E-state index in [1.807, 2.05) is 0 Å². The fraction of sp³-hybridized carbons (Fsp3) is 0.929. The van der Waals surface area contributed by atoms with Crippen molar-refractivity contribution in [1.82, 2.24) is 5.32 Å². The van der Waals surface area contributed by atoms with E-state index in [0.29, 0.717) is 12.5 Å². The van der Waals surface area contributed by atoms with Gasteiger partial charge < -0.3 is 15.8 Å². The average molecular weight is 254 g/mol. The first-order valence-electron chi connectivity index (χ1n) is 7.17. The van der Waals surface area contributed by atoms with Crippen molar-refractivity contribution in [2.24, 2.45) is 17.6 Å². The maximum absolute atomic E-state index is 12.1. The summed E-state index contributed by atoms with van der Waals surface area (Å²) >= 11 is 0. The van der Waals surface area contributed by atoms with Crippen LogP contribution in [-0.4, -0.2) is 30.7 Å².